The van der Waals surface area contributed by atoms with Crippen molar-refractivity contribution in [3.05, 3.63) is 188 Å². The highest BCUT2D eigenvalue weighted by molar-refractivity contribution is 5.86. The average Bonchev–Trinajstić information content (AvgIpc) is 3.22. The van der Waals surface area contributed by atoms with E-state index in [4.69, 9.17) is 0 Å². The predicted molar refractivity (Wildman–Crippen MR) is 223 cm³/mol. The molecule has 7 aromatic rings. The molecule has 4 aliphatic carbocycles. The minimum atomic E-state index is 0.431. The number of hydrogen-bond donors (Lipinski definition) is 0. The van der Waals surface area contributed by atoms with Crippen molar-refractivity contribution >= 4 is 17.1 Å². The monoisotopic (exact) mass is 683 g/mol. The van der Waals surface area contributed by atoms with Gasteiger partial charge in [-0.1, -0.05) is 140 Å². The van der Waals surface area contributed by atoms with Crippen LogP contribution in [0, 0.1) is 17.8 Å². The van der Waals surface area contributed by atoms with Crippen LogP contribution in [0.25, 0.3) is 44.5 Å². The van der Waals surface area contributed by atoms with Crippen molar-refractivity contribution in [3.63, 3.8) is 0 Å². The van der Waals surface area contributed by atoms with Gasteiger partial charge in [0.2, 0.25) is 0 Å². The van der Waals surface area contributed by atoms with Crippen LogP contribution in [0.15, 0.2) is 182 Å². The van der Waals surface area contributed by atoms with Gasteiger partial charge in [0.1, 0.15) is 0 Å². The number of rotatable bonds is 8. The van der Waals surface area contributed by atoms with Crippen LogP contribution in [0.5, 0.6) is 0 Å². The first-order valence-electron chi connectivity index (χ1n) is 19.6. The number of anilines is 3. The zero-order valence-corrected chi connectivity index (χ0v) is 30.2. The summed E-state index contributed by atoms with van der Waals surface area (Å²) in [6, 6.07) is 67.1. The fourth-order valence-electron chi connectivity index (χ4n) is 10.5. The lowest BCUT2D eigenvalue weighted by Crippen LogP contribution is -2.48. The summed E-state index contributed by atoms with van der Waals surface area (Å²) in [4.78, 5) is 2.41. The summed E-state index contributed by atoms with van der Waals surface area (Å²) in [6.45, 7) is 0. The van der Waals surface area contributed by atoms with E-state index >= 15 is 0 Å². The maximum atomic E-state index is 2.47. The number of benzene rings is 7. The van der Waals surface area contributed by atoms with E-state index in [0.29, 0.717) is 5.41 Å². The van der Waals surface area contributed by atoms with E-state index in [2.05, 4.69) is 187 Å². The molecule has 0 aromatic heterocycles. The molecular weight excluding hydrogens is 639 g/mol. The van der Waals surface area contributed by atoms with Gasteiger partial charge in [0.25, 0.3) is 0 Å². The molecule has 4 bridgehead atoms. The maximum Gasteiger partial charge on any atom is 0.0473 e. The second-order valence-electron chi connectivity index (χ2n) is 16.1. The Kier molecular flexibility index (Phi) is 8.09. The standard InChI is InChI=1S/C52H45N/c1-4-10-40(11-5-1)44-18-24-49(25-19-44)53(51-32-46(41-12-6-2-7-13-41)31-47(33-51)42-14-8-3-9-15-42)50-26-20-45(21-27-50)43-16-22-48(23-17-43)52-34-37-28-38(35-52)30-39(29-37)36-52/h1-27,31-33,37-39H,28-30,34-36H2. The first-order valence-corrected chi connectivity index (χ1v) is 19.6. The molecular formula is C52H45N. The summed E-state index contributed by atoms with van der Waals surface area (Å²) in [6.07, 6.45) is 8.69. The van der Waals surface area contributed by atoms with Crippen LogP contribution >= 0.6 is 0 Å². The van der Waals surface area contributed by atoms with Crippen molar-refractivity contribution in [2.45, 2.75) is 43.9 Å². The lowest BCUT2D eigenvalue weighted by atomic mass is 9.48. The molecule has 53 heavy (non-hydrogen) atoms. The van der Waals surface area contributed by atoms with E-state index in [1.807, 2.05) is 0 Å². The van der Waals surface area contributed by atoms with Crippen LogP contribution in [0.2, 0.25) is 0 Å². The molecule has 0 unspecified atom stereocenters. The van der Waals surface area contributed by atoms with Crippen LogP contribution in [-0.4, -0.2) is 0 Å². The zero-order chi connectivity index (χ0) is 35.2. The van der Waals surface area contributed by atoms with E-state index in [-0.39, 0.29) is 0 Å². The first kappa shape index (κ1) is 32.0. The minimum absolute atomic E-state index is 0.431. The molecule has 4 aliphatic rings. The molecule has 1 nitrogen and oxygen atoms in total. The summed E-state index contributed by atoms with van der Waals surface area (Å²) < 4.78 is 0. The van der Waals surface area contributed by atoms with Gasteiger partial charge in [0.15, 0.2) is 0 Å². The molecule has 4 saturated carbocycles. The highest BCUT2D eigenvalue weighted by Gasteiger charge is 2.51. The summed E-state index contributed by atoms with van der Waals surface area (Å²) in [5, 5.41) is 0. The van der Waals surface area contributed by atoms with E-state index in [9.17, 15) is 0 Å². The Bertz CT molecular complexity index is 2230. The quantitative estimate of drug-likeness (QED) is 0.154. The van der Waals surface area contributed by atoms with E-state index < -0.39 is 0 Å². The molecule has 0 atom stereocenters. The third-order valence-corrected chi connectivity index (χ3v) is 12.6. The van der Waals surface area contributed by atoms with Crippen molar-refractivity contribution in [1.29, 1.82) is 0 Å². The Morgan fingerprint density at radius 2 is 0.660 bits per heavy atom. The normalized spacial score (nSPS) is 21.4. The second kappa shape index (κ2) is 13.4. The molecule has 258 valence electrons. The molecule has 1 heteroatoms. The second-order valence-corrected chi connectivity index (χ2v) is 16.1. The maximum absolute atomic E-state index is 2.47. The van der Waals surface area contributed by atoms with Gasteiger partial charge in [-0.2, -0.15) is 0 Å². The Labute approximate surface area is 314 Å². The molecule has 0 N–H and O–H groups in total. The van der Waals surface area contributed by atoms with Crippen molar-refractivity contribution in [1.82, 2.24) is 0 Å². The van der Waals surface area contributed by atoms with Gasteiger partial charge in [-0.05, 0) is 154 Å². The lowest BCUT2D eigenvalue weighted by molar-refractivity contribution is -0.00518. The fraction of sp³-hybridized carbons (Fsp3) is 0.192. The number of hydrogen-bond acceptors (Lipinski definition) is 1. The van der Waals surface area contributed by atoms with Gasteiger partial charge in [0.05, 0.1) is 0 Å². The average molecular weight is 684 g/mol. The van der Waals surface area contributed by atoms with Gasteiger partial charge in [0, 0.05) is 17.1 Å². The third-order valence-electron chi connectivity index (χ3n) is 12.6. The third kappa shape index (κ3) is 6.19. The Morgan fingerprint density at radius 1 is 0.321 bits per heavy atom. The largest absolute Gasteiger partial charge is 0.310 e. The van der Waals surface area contributed by atoms with Gasteiger partial charge in [-0.15, -0.1) is 0 Å². The van der Waals surface area contributed by atoms with Gasteiger partial charge >= 0.3 is 0 Å². The molecule has 7 aromatic carbocycles. The van der Waals surface area contributed by atoms with E-state index in [0.717, 1.165) is 34.8 Å². The zero-order valence-electron chi connectivity index (χ0n) is 30.2. The molecule has 0 saturated heterocycles. The summed E-state index contributed by atoms with van der Waals surface area (Å²) >= 11 is 0. The Morgan fingerprint density at radius 3 is 1.06 bits per heavy atom. The highest BCUT2D eigenvalue weighted by atomic mass is 15.1. The molecule has 0 radical (unpaired) electrons. The van der Waals surface area contributed by atoms with E-state index in [1.165, 1.54) is 83.0 Å². The smallest absolute Gasteiger partial charge is 0.0473 e. The van der Waals surface area contributed by atoms with Gasteiger partial charge < -0.3 is 4.90 Å². The van der Waals surface area contributed by atoms with Crippen LogP contribution < -0.4 is 4.90 Å². The molecule has 0 heterocycles. The van der Waals surface area contributed by atoms with Crippen molar-refractivity contribution in [2.24, 2.45) is 17.8 Å². The van der Waals surface area contributed by atoms with Crippen molar-refractivity contribution in [2.75, 3.05) is 4.90 Å². The van der Waals surface area contributed by atoms with Gasteiger partial charge in [-0.3, -0.25) is 0 Å². The minimum Gasteiger partial charge on any atom is -0.310 e. The Hall–Kier alpha value is -5.66. The summed E-state index contributed by atoms with van der Waals surface area (Å²) in [5.41, 5.74) is 15.2. The summed E-state index contributed by atoms with van der Waals surface area (Å²) in [5.74, 6) is 2.88. The fourth-order valence-corrected chi connectivity index (χ4v) is 10.5. The van der Waals surface area contributed by atoms with Crippen LogP contribution in [0.3, 0.4) is 0 Å². The lowest BCUT2D eigenvalue weighted by Gasteiger charge is -2.57. The highest BCUT2D eigenvalue weighted by Crippen LogP contribution is 2.60. The van der Waals surface area contributed by atoms with Crippen molar-refractivity contribution in [3.8, 4) is 44.5 Å². The molecule has 0 aliphatic heterocycles. The summed E-state index contributed by atoms with van der Waals surface area (Å²) in [7, 11) is 0. The van der Waals surface area contributed by atoms with Crippen LogP contribution in [0.4, 0.5) is 17.1 Å². The molecule has 0 amide bonds. The van der Waals surface area contributed by atoms with Crippen LogP contribution in [0.1, 0.15) is 44.1 Å². The predicted octanol–water partition coefficient (Wildman–Crippen LogP) is 14.3. The van der Waals surface area contributed by atoms with Crippen molar-refractivity contribution < 1.29 is 0 Å². The SMILES string of the molecule is c1ccc(-c2ccc(N(c3ccc(-c4ccc(C56CC7CC(CC(C7)C5)C6)cc4)cc3)c3cc(-c4ccccc4)cc(-c4ccccc4)c3)cc2)cc1. The van der Waals surface area contributed by atoms with Crippen LogP contribution in [-0.2, 0) is 5.41 Å². The van der Waals surface area contributed by atoms with Gasteiger partial charge in [-0.25, -0.2) is 0 Å². The Balaban J connectivity index is 1.03. The topological polar surface area (TPSA) is 3.24 Å². The number of nitrogens with zero attached hydrogens (tertiary/aromatic N) is 1. The first-order chi connectivity index (χ1) is 26.2. The van der Waals surface area contributed by atoms with E-state index in [1.54, 1.807) is 5.56 Å². The molecule has 4 fully saturated rings. The molecule has 11 rings (SSSR count). The molecule has 0 spiro atoms.